The molecule has 3 aromatic rings. The minimum atomic E-state index is 0.461. The van der Waals surface area contributed by atoms with Crippen LogP contribution in [0, 0.1) is 0 Å². The summed E-state index contributed by atoms with van der Waals surface area (Å²) in [5, 5.41) is 3.59. The van der Waals surface area contributed by atoms with Crippen molar-refractivity contribution >= 4 is 0 Å². The Labute approximate surface area is 159 Å². The summed E-state index contributed by atoms with van der Waals surface area (Å²) in [6.07, 6.45) is 11.0. The van der Waals surface area contributed by atoms with Crippen LogP contribution in [0.4, 0.5) is 0 Å². The fourth-order valence-electron chi connectivity index (χ4n) is 3.79. The van der Waals surface area contributed by atoms with Crippen LogP contribution in [0.5, 0.6) is 5.75 Å². The van der Waals surface area contributed by atoms with Crippen LogP contribution in [0.1, 0.15) is 32.2 Å². The van der Waals surface area contributed by atoms with Crippen molar-refractivity contribution in [2.75, 3.05) is 13.7 Å². The molecule has 1 aliphatic heterocycles. The zero-order valence-corrected chi connectivity index (χ0v) is 15.8. The van der Waals surface area contributed by atoms with Crippen molar-refractivity contribution in [1.82, 2.24) is 24.8 Å². The van der Waals surface area contributed by atoms with Crippen molar-refractivity contribution < 1.29 is 4.74 Å². The van der Waals surface area contributed by atoms with Gasteiger partial charge in [0.25, 0.3) is 0 Å². The predicted octanol–water partition coefficient (Wildman–Crippen LogP) is 3.72. The third-order valence-corrected chi connectivity index (χ3v) is 5.28. The van der Waals surface area contributed by atoms with Gasteiger partial charge in [-0.25, -0.2) is 15.0 Å². The maximum atomic E-state index is 5.42. The molecule has 4 rings (SSSR count). The summed E-state index contributed by atoms with van der Waals surface area (Å²) >= 11 is 0. The van der Waals surface area contributed by atoms with Crippen LogP contribution in [0.15, 0.2) is 49.1 Å². The van der Waals surface area contributed by atoms with Gasteiger partial charge in [0.05, 0.1) is 18.2 Å². The molecule has 0 amide bonds. The first-order chi connectivity index (χ1) is 13.3. The highest BCUT2D eigenvalue weighted by molar-refractivity contribution is 5.65. The number of rotatable bonds is 5. The Morgan fingerprint density at radius 1 is 1.19 bits per heavy atom. The summed E-state index contributed by atoms with van der Waals surface area (Å²) in [5.74, 6) is 2.36. The quantitative estimate of drug-likeness (QED) is 0.748. The average molecular weight is 363 g/mol. The van der Waals surface area contributed by atoms with Gasteiger partial charge in [-0.3, -0.25) is 0 Å². The van der Waals surface area contributed by atoms with Gasteiger partial charge >= 0.3 is 0 Å². The Hall–Kier alpha value is -2.73. The summed E-state index contributed by atoms with van der Waals surface area (Å²) in [6, 6.07) is 8.82. The molecule has 140 valence electrons. The maximum absolute atomic E-state index is 5.42. The molecule has 2 atom stereocenters. The van der Waals surface area contributed by atoms with E-state index in [9.17, 15) is 0 Å². The van der Waals surface area contributed by atoms with Crippen LogP contribution in [0.3, 0.4) is 0 Å². The van der Waals surface area contributed by atoms with Crippen molar-refractivity contribution in [2.45, 2.75) is 38.3 Å². The van der Waals surface area contributed by atoms with Gasteiger partial charge in [0.2, 0.25) is 0 Å². The van der Waals surface area contributed by atoms with Gasteiger partial charge in [0, 0.05) is 36.9 Å². The highest BCUT2D eigenvalue weighted by Crippen LogP contribution is 2.30. The number of piperidine rings is 1. The summed E-state index contributed by atoms with van der Waals surface area (Å²) < 4.78 is 7.70. The number of ether oxygens (including phenoxy) is 1. The third-order valence-electron chi connectivity index (χ3n) is 5.28. The molecule has 1 aromatic carbocycles. The van der Waals surface area contributed by atoms with E-state index in [1.807, 2.05) is 42.9 Å². The van der Waals surface area contributed by atoms with Gasteiger partial charge in [-0.2, -0.15) is 0 Å². The lowest BCUT2D eigenvalue weighted by Gasteiger charge is -2.31. The Bertz CT molecular complexity index is 890. The number of methoxy groups -OCH3 is 1. The summed E-state index contributed by atoms with van der Waals surface area (Å²) in [7, 11) is 1.66. The lowest BCUT2D eigenvalue weighted by atomic mass is 9.97. The second-order valence-electron chi connectivity index (χ2n) is 6.89. The number of imidazole rings is 1. The van der Waals surface area contributed by atoms with Crippen LogP contribution in [0.2, 0.25) is 0 Å². The molecule has 3 heterocycles. The Balaban J connectivity index is 1.61. The smallest absolute Gasteiger partial charge is 0.162 e. The highest BCUT2D eigenvalue weighted by atomic mass is 16.5. The van der Waals surface area contributed by atoms with E-state index in [-0.39, 0.29) is 0 Å². The monoisotopic (exact) mass is 363 g/mol. The van der Waals surface area contributed by atoms with Crippen LogP contribution < -0.4 is 10.1 Å². The standard InChI is InChI=1S/C21H25N5O/c1-3-16-12-17(8-9-22-16)26-11-10-23-21(26)15-13-24-20(25-14-15)18-6-4-5-7-19(18)27-2/h4-7,10-11,13-14,16-17,22H,3,8-9,12H2,1-2H3/t16-,17-/m1/s1. The topological polar surface area (TPSA) is 64.9 Å². The van der Waals surface area contributed by atoms with Crippen molar-refractivity contribution in [3.8, 4) is 28.5 Å². The van der Waals surface area contributed by atoms with Crippen molar-refractivity contribution in [3.63, 3.8) is 0 Å². The predicted molar refractivity (Wildman–Crippen MR) is 106 cm³/mol. The SMILES string of the molecule is CC[C@@H]1C[C@H](n2ccnc2-c2cnc(-c3ccccc3OC)nc2)CCN1. The molecule has 0 aliphatic carbocycles. The fraction of sp³-hybridized carbons (Fsp3) is 0.381. The van der Waals surface area contributed by atoms with Gasteiger partial charge in [0.1, 0.15) is 11.6 Å². The number of benzene rings is 1. The number of nitrogens with one attached hydrogen (secondary N) is 1. The van der Waals surface area contributed by atoms with Crippen LogP contribution in [0.25, 0.3) is 22.8 Å². The summed E-state index contributed by atoms with van der Waals surface area (Å²) in [4.78, 5) is 13.7. The first kappa shape index (κ1) is 17.7. The number of hydrogen-bond acceptors (Lipinski definition) is 5. The molecule has 1 N–H and O–H groups in total. The lowest BCUT2D eigenvalue weighted by molar-refractivity contribution is 0.297. The molecule has 0 saturated carbocycles. The number of hydrogen-bond donors (Lipinski definition) is 1. The van der Waals surface area contributed by atoms with E-state index in [0.717, 1.165) is 48.5 Å². The van der Waals surface area contributed by atoms with Gasteiger partial charge in [-0.05, 0) is 37.9 Å². The minimum absolute atomic E-state index is 0.461. The number of para-hydroxylation sites is 1. The summed E-state index contributed by atoms with van der Waals surface area (Å²) in [6.45, 7) is 3.28. The molecule has 1 aliphatic rings. The Kier molecular flexibility index (Phi) is 5.16. The maximum Gasteiger partial charge on any atom is 0.162 e. The molecule has 6 nitrogen and oxygen atoms in total. The second kappa shape index (κ2) is 7.88. The molecular weight excluding hydrogens is 338 g/mol. The third kappa shape index (κ3) is 3.57. The largest absolute Gasteiger partial charge is 0.496 e. The minimum Gasteiger partial charge on any atom is -0.496 e. The zero-order chi connectivity index (χ0) is 18.6. The highest BCUT2D eigenvalue weighted by Gasteiger charge is 2.23. The Morgan fingerprint density at radius 3 is 2.78 bits per heavy atom. The normalized spacial score (nSPS) is 19.8. The zero-order valence-electron chi connectivity index (χ0n) is 15.8. The fourth-order valence-corrected chi connectivity index (χ4v) is 3.79. The van der Waals surface area contributed by atoms with Crippen LogP contribution >= 0.6 is 0 Å². The van der Waals surface area contributed by atoms with E-state index < -0.39 is 0 Å². The van der Waals surface area contributed by atoms with Gasteiger partial charge < -0.3 is 14.6 Å². The van der Waals surface area contributed by atoms with E-state index in [2.05, 4.69) is 38.0 Å². The van der Waals surface area contributed by atoms with Crippen molar-refractivity contribution in [2.24, 2.45) is 0 Å². The molecule has 0 unspecified atom stereocenters. The van der Waals surface area contributed by atoms with Gasteiger partial charge in [-0.15, -0.1) is 0 Å². The molecule has 1 fully saturated rings. The Morgan fingerprint density at radius 2 is 2.00 bits per heavy atom. The molecule has 2 aromatic heterocycles. The van der Waals surface area contributed by atoms with E-state index in [1.165, 1.54) is 0 Å². The summed E-state index contributed by atoms with van der Waals surface area (Å²) in [5.41, 5.74) is 1.82. The van der Waals surface area contributed by atoms with Gasteiger partial charge in [-0.1, -0.05) is 19.1 Å². The molecule has 6 heteroatoms. The van der Waals surface area contributed by atoms with E-state index in [4.69, 9.17) is 4.74 Å². The van der Waals surface area contributed by atoms with E-state index >= 15 is 0 Å². The molecule has 1 saturated heterocycles. The second-order valence-corrected chi connectivity index (χ2v) is 6.89. The molecular formula is C21H25N5O. The molecule has 0 spiro atoms. The number of aromatic nitrogens is 4. The first-order valence-corrected chi connectivity index (χ1v) is 9.52. The molecule has 0 bridgehead atoms. The van der Waals surface area contributed by atoms with E-state index in [0.29, 0.717) is 17.9 Å². The number of nitrogens with zero attached hydrogens (tertiary/aromatic N) is 4. The van der Waals surface area contributed by atoms with Crippen molar-refractivity contribution in [3.05, 3.63) is 49.1 Å². The van der Waals surface area contributed by atoms with Crippen LogP contribution in [-0.2, 0) is 0 Å². The lowest BCUT2D eigenvalue weighted by Crippen LogP contribution is -2.38. The average Bonchev–Trinajstić information content (AvgIpc) is 3.24. The molecule has 27 heavy (non-hydrogen) atoms. The van der Waals surface area contributed by atoms with Crippen LogP contribution in [-0.4, -0.2) is 39.2 Å². The van der Waals surface area contributed by atoms with E-state index in [1.54, 1.807) is 7.11 Å². The van der Waals surface area contributed by atoms with Crippen molar-refractivity contribution in [1.29, 1.82) is 0 Å². The first-order valence-electron chi connectivity index (χ1n) is 9.52. The molecule has 0 radical (unpaired) electrons. The van der Waals surface area contributed by atoms with Gasteiger partial charge in [0.15, 0.2) is 5.82 Å².